The number of carbonyl (C=O) groups excluding carboxylic acids is 2. The van der Waals surface area contributed by atoms with E-state index in [1.165, 1.54) is 19.3 Å². The lowest BCUT2D eigenvalue weighted by Gasteiger charge is -2.60. The van der Waals surface area contributed by atoms with Gasteiger partial charge in [0.25, 0.3) is 0 Å². The van der Waals surface area contributed by atoms with Crippen LogP contribution < -0.4 is 10.6 Å². The number of anilines is 1. The number of hydrogen-bond donors (Lipinski definition) is 2. The maximum atomic E-state index is 13.5. The van der Waals surface area contributed by atoms with Crippen molar-refractivity contribution in [1.29, 1.82) is 0 Å². The molecule has 3 aliphatic carbocycles. The number of amides is 2. The third-order valence-electron chi connectivity index (χ3n) is 9.69. The summed E-state index contributed by atoms with van der Waals surface area (Å²) in [7, 11) is -3.48. The van der Waals surface area contributed by atoms with Gasteiger partial charge in [-0.05, 0) is 97.6 Å². The molecule has 0 aliphatic heterocycles. The lowest BCUT2D eigenvalue weighted by molar-refractivity contribution is -0.125. The second-order valence-corrected chi connectivity index (χ2v) is 14.8. The fourth-order valence-electron chi connectivity index (χ4n) is 6.96. The molecule has 6 rings (SSSR count). The number of sulfone groups is 1. The number of aryl methyl sites for hydroxylation is 1. The van der Waals surface area contributed by atoms with Gasteiger partial charge in [-0.1, -0.05) is 74.0 Å². The molecule has 0 saturated heterocycles. The molecular weight excluding hydrogens is 544 g/mol. The van der Waals surface area contributed by atoms with Crippen LogP contribution in [-0.2, 0) is 26.8 Å². The van der Waals surface area contributed by atoms with Gasteiger partial charge in [0, 0.05) is 12.1 Å². The lowest BCUT2D eigenvalue weighted by atomic mass is 9.45. The van der Waals surface area contributed by atoms with E-state index < -0.39 is 21.9 Å². The van der Waals surface area contributed by atoms with E-state index >= 15 is 0 Å². The van der Waals surface area contributed by atoms with E-state index in [1.807, 2.05) is 37.3 Å². The Balaban J connectivity index is 1.19. The number of ketones is 1. The highest BCUT2D eigenvalue weighted by molar-refractivity contribution is 7.90. The maximum absolute atomic E-state index is 13.5. The smallest absolute Gasteiger partial charge is 0.319 e. The molecule has 3 fully saturated rings. The Kier molecular flexibility index (Phi) is 8.88. The Morgan fingerprint density at radius 3 is 2.24 bits per heavy atom. The summed E-state index contributed by atoms with van der Waals surface area (Å²) in [6, 6.07) is 22.3. The highest BCUT2D eigenvalue weighted by Crippen LogP contribution is 2.62. The Morgan fingerprint density at radius 1 is 0.905 bits per heavy atom. The second kappa shape index (κ2) is 12.4. The number of rotatable bonds is 11. The standard InChI is InChI=1S/C35H42N2O4S/c1-24-9-18-30(19-10-24)42(40,41)23-26-11-16-29(17-12-26)36-34(39)37-32(21-25-7-5-4-6-8-25)33(38)20-14-27-13-15-28-22-31(27)35(28,2)3/h4-12,16-19,27-28,31-32H,13-15,20-23H2,1-3H3,(H2,36,37,39)/t27-,28?,31?,32-/m1/s1. The summed E-state index contributed by atoms with van der Waals surface area (Å²) in [5.41, 5.74) is 3.53. The van der Waals surface area contributed by atoms with E-state index in [-0.39, 0.29) is 16.4 Å². The van der Waals surface area contributed by atoms with E-state index in [9.17, 15) is 18.0 Å². The normalized spacial score (nSPS) is 21.5. The molecule has 3 aliphatic rings. The van der Waals surface area contributed by atoms with Crippen LogP contribution in [0, 0.1) is 30.1 Å². The van der Waals surface area contributed by atoms with Crippen LogP contribution in [0.3, 0.4) is 0 Å². The number of benzene rings is 3. The molecular formula is C35H42N2O4S. The Hall–Kier alpha value is -3.45. The lowest BCUT2D eigenvalue weighted by Crippen LogP contribution is -2.52. The third-order valence-corrected chi connectivity index (χ3v) is 11.4. The van der Waals surface area contributed by atoms with Gasteiger partial charge in [-0.2, -0.15) is 0 Å². The van der Waals surface area contributed by atoms with Gasteiger partial charge in [-0.3, -0.25) is 4.79 Å². The van der Waals surface area contributed by atoms with Crippen molar-refractivity contribution in [3.8, 4) is 0 Å². The molecule has 42 heavy (non-hydrogen) atoms. The van der Waals surface area contributed by atoms with Crippen LogP contribution in [0.4, 0.5) is 10.5 Å². The molecule has 2 unspecified atom stereocenters. The highest BCUT2D eigenvalue weighted by atomic mass is 32.2. The minimum atomic E-state index is -3.48. The van der Waals surface area contributed by atoms with Crippen molar-refractivity contribution in [1.82, 2.24) is 5.32 Å². The number of carbonyl (C=O) groups is 2. The largest absolute Gasteiger partial charge is 0.328 e. The van der Waals surface area contributed by atoms with Crippen LogP contribution in [0.15, 0.2) is 83.8 Å². The first kappa shape index (κ1) is 30.0. The van der Waals surface area contributed by atoms with Gasteiger partial charge >= 0.3 is 6.03 Å². The Labute approximate surface area is 250 Å². The Morgan fingerprint density at radius 2 is 1.60 bits per heavy atom. The molecule has 0 spiro atoms. The van der Waals surface area contributed by atoms with Gasteiger partial charge in [0.15, 0.2) is 15.6 Å². The van der Waals surface area contributed by atoms with Crippen molar-refractivity contribution < 1.29 is 18.0 Å². The summed E-state index contributed by atoms with van der Waals surface area (Å²) in [4.78, 5) is 26.8. The van der Waals surface area contributed by atoms with E-state index in [2.05, 4.69) is 24.5 Å². The number of urea groups is 1. The van der Waals surface area contributed by atoms with Crippen molar-refractivity contribution in [3.05, 3.63) is 95.6 Å². The molecule has 7 heteroatoms. The molecule has 6 nitrogen and oxygen atoms in total. The minimum absolute atomic E-state index is 0.0601. The van der Waals surface area contributed by atoms with Gasteiger partial charge in [-0.15, -0.1) is 0 Å². The molecule has 0 radical (unpaired) electrons. The van der Waals surface area contributed by atoms with Crippen molar-refractivity contribution in [2.75, 3.05) is 5.32 Å². The van der Waals surface area contributed by atoms with Gasteiger partial charge in [0.1, 0.15) is 0 Å². The molecule has 2 N–H and O–H groups in total. The predicted octanol–water partition coefficient (Wildman–Crippen LogP) is 7.12. The predicted molar refractivity (Wildman–Crippen MR) is 167 cm³/mol. The molecule has 4 atom stereocenters. The first-order valence-electron chi connectivity index (χ1n) is 15.0. The van der Waals surface area contributed by atoms with Gasteiger partial charge in [-0.25, -0.2) is 13.2 Å². The van der Waals surface area contributed by atoms with Crippen LogP contribution in [0.25, 0.3) is 0 Å². The number of hydrogen-bond acceptors (Lipinski definition) is 4. The van der Waals surface area contributed by atoms with E-state index in [1.54, 1.807) is 48.5 Å². The van der Waals surface area contributed by atoms with Gasteiger partial charge in [0.05, 0.1) is 16.7 Å². The monoisotopic (exact) mass is 586 g/mol. The third kappa shape index (κ3) is 6.95. The average molecular weight is 587 g/mol. The summed E-state index contributed by atoms with van der Waals surface area (Å²) >= 11 is 0. The molecule has 222 valence electrons. The van der Waals surface area contributed by atoms with E-state index in [4.69, 9.17) is 0 Å². The minimum Gasteiger partial charge on any atom is -0.328 e. The van der Waals surface area contributed by atoms with Crippen LogP contribution in [0.1, 0.15) is 62.6 Å². The fraction of sp³-hybridized carbons (Fsp3) is 0.429. The summed E-state index contributed by atoms with van der Waals surface area (Å²) in [5.74, 6) is 2.04. The van der Waals surface area contributed by atoms with Crippen molar-refractivity contribution in [2.24, 2.45) is 23.2 Å². The summed E-state index contributed by atoms with van der Waals surface area (Å²) in [6.45, 7) is 6.66. The van der Waals surface area contributed by atoms with Crippen molar-refractivity contribution >= 4 is 27.3 Å². The Bertz CT molecular complexity index is 1500. The molecule has 3 aromatic carbocycles. The SMILES string of the molecule is Cc1ccc(S(=O)(=O)Cc2ccc(NC(=O)N[C@H](Cc3ccccc3)C(=O)CC[C@H]3CCC4CC3C4(C)C)cc2)cc1. The maximum Gasteiger partial charge on any atom is 0.319 e. The average Bonchev–Trinajstić information content (AvgIpc) is 2.97. The molecule has 3 saturated carbocycles. The topological polar surface area (TPSA) is 92.3 Å². The number of nitrogens with one attached hydrogen (secondary N) is 2. The molecule has 3 aromatic rings. The van der Waals surface area contributed by atoms with Crippen LogP contribution >= 0.6 is 0 Å². The van der Waals surface area contributed by atoms with Crippen LogP contribution in [0.2, 0.25) is 0 Å². The van der Waals surface area contributed by atoms with E-state index in [0.29, 0.717) is 41.3 Å². The van der Waals surface area contributed by atoms with Crippen LogP contribution in [-0.4, -0.2) is 26.3 Å². The first-order chi connectivity index (χ1) is 20.0. The first-order valence-corrected chi connectivity index (χ1v) is 16.7. The zero-order valence-corrected chi connectivity index (χ0v) is 25.6. The highest BCUT2D eigenvalue weighted by Gasteiger charge is 2.53. The molecule has 2 bridgehead atoms. The van der Waals surface area contributed by atoms with Gasteiger partial charge < -0.3 is 10.6 Å². The molecule has 2 amide bonds. The summed E-state index contributed by atoms with van der Waals surface area (Å²) in [5, 5.41) is 5.74. The summed E-state index contributed by atoms with van der Waals surface area (Å²) < 4.78 is 25.6. The van der Waals surface area contributed by atoms with E-state index in [0.717, 1.165) is 23.5 Å². The number of Topliss-reactive ketones (excluding diaryl/α,β-unsaturated/α-hetero) is 1. The van der Waals surface area contributed by atoms with Crippen LogP contribution in [0.5, 0.6) is 0 Å². The van der Waals surface area contributed by atoms with Crippen molar-refractivity contribution in [3.63, 3.8) is 0 Å². The quantitative estimate of drug-likeness (QED) is 0.250. The molecule has 0 aromatic heterocycles. The zero-order chi connectivity index (χ0) is 29.9. The number of fused-ring (bicyclic) bond motifs is 2. The van der Waals surface area contributed by atoms with Gasteiger partial charge in [0.2, 0.25) is 0 Å². The molecule has 0 heterocycles. The summed E-state index contributed by atoms with van der Waals surface area (Å²) in [6.07, 6.45) is 5.52. The zero-order valence-electron chi connectivity index (χ0n) is 24.8. The fourth-order valence-corrected chi connectivity index (χ4v) is 8.31. The van der Waals surface area contributed by atoms with Crippen molar-refractivity contribution in [2.45, 2.75) is 76.0 Å². The second-order valence-electron chi connectivity index (χ2n) is 12.8.